The second-order valence-electron chi connectivity index (χ2n) is 10.5. The highest BCUT2D eigenvalue weighted by molar-refractivity contribution is 9.10. The maximum absolute atomic E-state index is 14.4. The van der Waals surface area contributed by atoms with E-state index in [0.29, 0.717) is 35.5 Å². The van der Waals surface area contributed by atoms with Crippen LogP contribution in [-0.2, 0) is 22.5 Å². The number of aliphatic hydroxyl groups excluding tert-OH is 1. The fourth-order valence-electron chi connectivity index (χ4n) is 5.00. The summed E-state index contributed by atoms with van der Waals surface area (Å²) in [4.78, 5) is 19.4. The minimum atomic E-state index is -4.80. The standard InChI is InChI=1S/C34H29Br2F3N2O5/c35-25-12-6-22(7-13-25)20-33(32(43)40-21-23-8-14-27(15-9-23)46-34(37,38)39)30(28-4-1-2-5-29(28)36)45-31(41-33)24-10-16-26(17-11-24)44-19-3-18-42/h1-2,4-17,30,42H,3,18-21H2,(H,40,43)/t30-,33-/m1/s1. The van der Waals surface area contributed by atoms with Gasteiger partial charge >= 0.3 is 6.36 Å². The third-order valence-electron chi connectivity index (χ3n) is 7.21. The zero-order valence-corrected chi connectivity index (χ0v) is 27.4. The minimum absolute atomic E-state index is 0.0272. The molecule has 0 saturated carbocycles. The first-order valence-corrected chi connectivity index (χ1v) is 15.9. The highest BCUT2D eigenvalue weighted by atomic mass is 79.9. The molecule has 1 aliphatic heterocycles. The van der Waals surface area contributed by atoms with E-state index in [4.69, 9.17) is 19.6 Å². The summed E-state index contributed by atoms with van der Waals surface area (Å²) in [6.45, 7) is 0.423. The molecule has 2 atom stereocenters. The zero-order chi connectivity index (χ0) is 32.7. The molecule has 0 aromatic heterocycles. The topological polar surface area (TPSA) is 89.4 Å². The first-order chi connectivity index (χ1) is 22.1. The van der Waals surface area contributed by atoms with E-state index >= 15 is 0 Å². The number of carbonyl (C=O) groups is 1. The summed E-state index contributed by atoms with van der Waals surface area (Å²) in [5.74, 6) is 0.101. The molecule has 0 saturated heterocycles. The lowest BCUT2D eigenvalue weighted by molar-refractivity contribution is -0.274. The number of aliphatic imine (C=N–C) groups is 1. The van der Waals surface area contributed by atoms with E-state index in [1.165, 1.54) is 24.3 Å². The molecule has 240 valence electrons. The van der Waals surface area contributed by atoms with Crippen LogP contribution in [0.4, 0.5) is 13.2 Å². The highest BCUT2D eigenvalue weighted by Crippen LogP contribution is 2.44. The van der Waals surface area contributed by atoms with Crippen LogP contribution in [0, 0.1) is 0 Å². The third kappa shape index (κ3) is 8.28. The van der Waals surface area contributed by atoms with E-state index in [1.54, 1.807) is 24.3 Å². The van der Waals surface area contributed by atoms with E-state index in [-0.39, 0.29) is 31.2 Å². The van der Waals surface area contributed by atoms with Crippen molar-refractivity contribution in [3.63, 3.8) is 0 Å². The SMILES string of the molecule is O=C(NCc1ccc(OC(F)(F)F)cc1)[C@]1(Cc2ccc(Br)cc2)N=C(c2ccc(OCCCO)cc2)O[C@@H]1c1ccccc1Br. The summed E-state index contributed by atoms with van der Waals surface area (Å²) in [5, 5.41) is 12.0. The summed E-state index contributed by atoms with van der Waals surface area (Å²) in [6.07, 6.45) is -4.96. The van der Waals surface area contributed by atoms with E-state index in [0.717, 1.165) is 14.5 Å². The number of carbonyl (C=O) groups excluding carboxylic acids is 1. The van der Waals surface area contributed by atoms with Crippen molar-refractivity contribution in [2.45, 2.75) is 37.4 Å². The van der Waals surface area contributed by atoms with Crippen LogP contribution < -0.4 is 14.8 Å². The van der Waals surface area contributed by atoms with Crippen LogP contribution in [0.25, 0.3) is 0 Å². The predicted octanol–water partition coefficient (Wildman–Crippen LogP) is 7.69. The van der Waals surface area contributed by atoms with E-state index in [2.05, 4.69) is 41.9 Å². The van der Waals surface area contributed by atoms with Crippen LogP contribution >= 0.6 is 31.9 Å². The molecule has 1 aliphatic rings. The van der Waals surface area contributed by atoms with Gasteiger partial charge in [-0.05, 0) is 65.7 Å². The van der Waals surface area contributed by atoms with Gasteiger partial charge in [-0.15, -0.1) is 13.2 Å². The van der Waals surface area contributed by atoms with Gasteiger partial charge in [0.05, 0.1) is 6.61 Å². The van der Waals surface area contributed by atoms with Crippen LogP contribution in [0.2, 0.25) is 0 Å². The fraction of sp³-hybridized carbons (Fsp3) is 0.235. The van der Waals surface area contributed by atoms with Gasteiger partial charge in [-0.1, -0.05) is 74.3 Å². The molecule has 0 unspecified atom stereocenters. The number of hydrogen-bond donors (Lipinski definition) is 2. The Hall–Kier alpha value is -3.87. The number of rotatable bonds is 12. The van der Waals surface area contributed by atoms with Crippen LogP contribution in [0.15, 0.2) is 111 Å². The summed E-state index contributed by atoms with van der Waals surface area (Å²) >= 11 is 7.09. The highest BCUT2D eigenvalue weighted by Gasteiger charge is 2.53. The molecule has 7 nitrogen and oxygen atoms in total. The number of aliphatic hydroxyl groups is 1. The molecule has 2 N–H and O–H groups in total. The molecular formula is C34H29Br2F3N2O5. The van der Waals surface area contributed by atoms with E-state index < -0.39 is 23.9 Å². The maximum atomic E-state index is 14.4. The number of hydrogen-bond acceptors (Lipinski definition) is 6. The van der Waals surface area contributed by atoms with Gasteiger partial charge in [-0.25, -0.2) is 4.99 Å². The van der Waals surface area contributed by atoms with Gasteiger partial charge in [-0.3, -0.25) is 4.79 Å². The molecular weight excluding hydrogens is 733 g/mol. The monoisotopic (exact) mass is 760 g/mol. The van der Waals surface area contributed by atoms with E-state index in [9.17, 15) is 18.0 Å². The second-order valence-corrected chi connectivity index (χ2v) is 12.3. The predicted molar refractivity (Wildman–Crippen MR) is 174 cm³/mol. The van der Waals surface area contributed by atoms with Gasteiger partial charge in [0.2, 0.25) is 5.90 Å². The Kier molecular flexibility index (Phi) is 10.7. The number of ether oxygens (including phenoxy) is 3. The Morgan fingerprint density at radius 1 is 0.913 bits per heavy atom. The lowest BCUT2D eigenvalue weighted by Crippen LogP contribution is -2.49. The zero-order valence-electron chi connectivity index (χ0n) is 24.3. The van der Waals surface area contributed by atoms with Gasteiger partial charge in [-0.2, -0.15) is 0 Å². The van der Waals surface area contributed by atoms with Gasteiger partial charge in [0.25, 0.3) is 5.91 Å². The molecule has 5 rings (SSSR count). The first kappa shape index (κ1) is 33.5. The fourth-order valence-corrected chi connectivity index (χ4v) is 5.76. The van der Waals surface area contributed by atoms with Crippen molar-refractivity contribution < 1.29 is 37.3 Å². The van der Waals surface area contributed by atoms with Crippen molar-refractivity contribution in [3.8, 4) is 11.5 Å². The Morgan fingerprint density at radius 3 is 2.22 bits per heavy atom. The Balaban J connectivity index is 1.51. The number of halogens is 5. The third-order valence-corrected chi connectivity index (χ3v) is 8.47. The molecule has 0 spiro atoms. The molecule has 0 bridgehead atoms. The van der Waals surface area contributed by atoms with Crippen LogP contribution in [0.1, 0.15) is 34.8 Å². The van der Waals surface area contributed by atoms with Gasteiger partial charge < -0.3 is 24.6 Å². The van der Waals surface area contributed by atoms with Crippen molar-refractivity contribution in [1.29, 1.82) is 0 Å². The van der Waals surface area contributed by atoms with E-state index in [1.807, 2.05) is 48.5 Å². The summed E-state index contributed by atoms with van der Waals surface area (Å²) < 4.78 is 55.7. The molecule has 0 aliphatic carbocycles. The van der Waals surface area contributed by atoms with Gasteiger partial charge in [0, 0.05) is 46.1 Å². The van der Waals surface area contributed by atoms with Crippen molar-refractivity contribution >= 4 is 43.7 Å². The average Bonchev–Trinajstić information content (AvgIpc) is 3.41. The minimum Gasteiger partial charge on any atom is -0.494 e. The van der Waals surface area contributed by atoms with Crippen molar-refractivity contribution in [1.82, 2.24) is 5.32 Å². The molecule has 4 aromatic rings. The quantitative estimate of drug-likeness (QED) is 0.145. The molecule has 12 heteroatoms. The van der Waals surface area contributed by atoms with Crippen molar-refractivity contribution in [2.75, 3.05) is 13.2 Å². The van der Waals surface area contributed by atoms with Crippen LogP contribution in [0.3, 0.4) is 0 Å². The van der Waals surface area contributed by atoms with Crippen LogP contribution in [0.5, 0.6) is 11.5 Å². The van der Waals surface area contributed by atoms with Crippen LogP contribution in [-0.4, -0.2) is 42.0 Å². The second kappa shape index (κ2) is 14.7. The molecule has 4 aromatic carbocycles. The van der Waals surface area contributed by atoms with Gasteiger partial charge in [0.15, 0.2) is 11.6 Å². The van der Waals surface area contributed by atoms with Crippen molar-refractivity contribution in [3.05, 3.63) is 128 Å². The Morgan fingerprint density at radius 2 is 1.57 bits per heavy atom. The Bertz CT molecular complexity index is 1670. The number of alkyl halides is 3. The summed E-state index contributed by atoms with van der Waals surface area (Å²) in [7, 11) is 0. The van der Waals surface area contributed by atoms with Crippen molar-refractivity contribution in [2.24, 2.45) is 4.99 Å². The smallest absolute Gasteiger partial charge is 0.494 e. The maximum Gasteiger partial charge on any atom is 0.573 e. The number of nitrogens with zero attached hydrogens (tertiary/aromatic N) is 1. The lowest BCUT2D eigenvalue weighted by Gasteiger charge is -2.31. The number of amides is 1. The largest absolute Gasteiger partial charge is 0.573 e. The van der Waals surface area contributed by atoms with Gasteiger partial charge in [0.1, 0.15) is 11.5 Å². The lowest BCUT2D eigenvalue weighted by atomic mass is 9.82. The average molecular weight is 762 g/mol. The molecule has 46 heavy (non-hydrogen) atoms. The summed E-state index contributed by atoms with van der Waals surface area (Å²) in [5.41, 5.74) is 1.29. The first-order valence-electron chi connectivity index (χ1n) is 14.3. The number of benzene rings is 4. The molecule has 0 fully saturated rings. The molecule has 1 amide bonds. The number of nitrogens with one attached hydrogen (secondary N) is 1. The molecule has 1 heterocycles. The normalized spacial score (nSPS) is 17.6. The Labute approximate surface area is 280 Å². The summed E-state index contributed by atoms with van der Waals surface area (Å²) in [6, 6.07) is 27.5. The molecule has 0 radical (unpaired) electrons.